The number of carbonyl (C=O) groups is 1. The number of methoxy groups -OCH3 is 1. The number of ether oxygens (including phenoxy) is 1. The van der Waals surface area contributed by atoms with E-state index in [1.165, 1.54) is 0 Å². The van der Waals surface area contributed by atoms with Crippen molar-refractivity contribution >= 4 is 5.91 Å². The molecule has 0 aliphatic carbocycles. The molecular formula is C22H35N3O3. The van der Waals surface area contributed by atoms with Crippen LogP contribution in [0.1, 0.15) is 37.4 Å². The second-order valence-electron chi connectivity index (χ2n) is 8.34. The maximum Gasteiger partial charge on any atom is 0.228 e. The van der Waals surface area contributed by atoms with Crippen LogP contribution in [0.5, 0.6) is 0 Å². The van der Waals surface area contributed by atoms with Crippen molar-refractivity contribution in [1.29, 1.82) is 0 Å². The van der Waals surface area contributed by atoms with Crippen LogP contribution in [-0.4, -0.2) is 68.9 Å². The highest BCUT2D eigenvalue weighted by molar-refractivity contribution is 5.83. The van der Waals surface area contributed by atoms with Gasteiger partial charge in [-0.05, 0) is 63.3 Å². The molecule has 0 saturated carbocycles. The summed E-state index contributed by atoms with van der Waals surface area (Å²) in [6.45, 7) is 5.60. The molecule has 3 rings (SSSR count). The van der Waals surface area contributed by atoms with E-state index in [0.29, 0.717) is 19.1 Å². The molecule has 2 heterocycles. The quantitative estimate of drug-likeness (QED) is 0.629. The maximum atomic E-state index is 12.9. The van der Waals surface area contributed by atoms with Crippen LogP contribution in [0.15, 0.2) is 30.3 Å². The lowest BCUT2D eigenvalue weighted by molar-refractivity contribution is -0.136. The van der Waals surface area contributed by atoms with Crippen LogP contribution in [0.25, 0.3) is 0 Å². The first kappa shape index (κ1) is 21.2. The van der Waals surface area contributed by atoms with Gasteiger partial charge in [-0.15, -0.1) is 0 Å². The standard InChI is InChI=1S/C22H35N3O3/c1-28-17-22(9-11-23-12-10-22)21(27)24-15-18-7-13-25(14-8-18)16-20(26)19-5-3-2-4-6-19/h2-6,18,20,23,26H,7-17H2,1H3,(H,24,27). The van der Waals surface area contributed by atoms with Crippen molar-refractivity contribution in [3.8, 4) is 0 Å². The van der Waals surface area contributed by atoms with Crippen LogP contribution in [0, 0.1) is 11.3 Å². The van der Waals surface area contributed by atoms with Gasteiger partial charge < -0.3 is 25.4 Å². The van der Waals surface area contributed by atoms with Gasteiger partial charge in [-0.3, -0.25) is 4.79 Å². The van der Waals surface area contributed by atoms with Crippen LogP contribution >= 0.6 is 0 Å². The van der Waals surface area contributed by atoms with Crippen LogP contribution in [0.3, 0.4) is 0 Å². The van der Waals surface area contributed by atoms with Gasteiger partial charge in [0, 0.05) is 20.2 Å². The second kappa shape index (κ2) is 10.3. The molecule has 0 bridgehead atoms. The Morgan fingerprint density at radius 1 is 1.29 bits per heavy atom. The predicted molar refractivity (Wildman–Crippen MR) is 110 cm³/mol. The second-order valence-corrected chi connectivity index (χ2v) is 8.34. The smallest absolute Gasteiger partial charge is 0.228 e. The van der Waals surface area contributed by atoms with Crippen molar-refractivity contribution in [2.24, 2.45) is 11.3 Å². The summed E-state index contributed by atoms with van der Waals surface area (Å²) in [5.74, 6) is 0.660. The Kier molecular flexibility index (Phi) is 7.85. The van der Waals surface area contributed by atoms with Gasteiger partial charge in [-0.1, -0.05) is 30.3 Å². The van der Waals surface area contributed by atoms with E-state index >= 15 is 0 Å². The Balaban J connectivity index is 1.41. The third kappa shape index (κ3) is 5.54. The molecule has 0 aromatic heterocycles. The summed E-state index contributed by atoms with van der Waals surface area (Å²) in [5, 5.41) is 17.0. The Hall–Kier alpha value is -1.47. The van der Waals surface area contributed by atoms with Gasteiger partial charge in [0.25, 0.3) is 0 Å². The van der Waals surface area contributed by atoms with Gasteiger partial charge in [0.15, 0.2) is 0 Å². The molecule has 1 aromatic carbocycles. The predicted octanol–water partition coefficient (Wildman–Crippen LogP) is 1.56. The number of piperidine rings is 2. The van der Waals surface area contributed by atoms with E-state index in [-0.39, 0.29) is 11.3 Å². The zero-order valence-electron chi connectivity index (χ0n) is 17.0. The highest BCUT2D eigenvalue weighted by atomic mass is 16.5. The highest BCUT2D eigenvalue weighted by Gasteiger charge is 2.39. The van der Waals surface area contributed by atoms with E-state index in [0.717, 1.165) is 64.0 Å². The number of carbonyl (C=O) groups excluding carboxylic acids is 1. The molecule has 1 atom stereocenters. The lowest BCUT2D eigenvalue weighted by Gasteiger charge is -2.37. The number of hydrogen-bond acceptors (Lipinski definition) is 5. The lowest BCUT2D eigenvalue weighted by atomic mass is 9.78. The number of β-amino-alcohol motifs (C(OH)–C–C–N with tert-alkyl or cyclic N) is 1. The molecule has 2 fully saturated rings. The number of benzene rings is 1. The Morgan fingerprint density at radius 2 is 1.96 bits per heavy atom. The Morgan fingerprint density at radius 3 is 2.61 bits per heavy atom. The summed E-state index contributed by atoms with van der Waals surface area (Å²) >= 11 is 0. The highest BCUT2D eigenvalue weighted by Crippen LogP contribution is 2.30. The number of rotatable bonds is 8. The maximum absolute atomic E-state index is 12.9. The van der Waals surface area contributed by atoms with Crippen molar-refractivity contribution in [3.63, 3.8) is 0 Å². The van der Waals surface area contributed by atoms with Gasteiger partial charge in [0.05, 0.1) is 18.1 Å². The molecule has 3 N–H and O–H groups in total. The number of amides is 1. The molecule has 2 saturated heterocycles. The number of nitrogens with one attached hydrogen (secondary N) is 2. The van der Waals surface area contributed by atoms with E-state index in [9.17, 15) is 9.90 Å². The monoisotopic (exact) mass is 389 g/mol. The fraction of sp³-hybridized carbons (Fsp3) is 0.682. The molecule has 0 radical (unpaired) electrons. The Labute approximate surface area is 168 Å². The topological polar surface area (TPSA) is 73.8 Å². The van der Waals surface area contributed by atoms with Crippen LogP contribution in [-0.2, 0) is 9.53 Å². The SMILES string of the molecule is COCC1(C(=O)NCC2CCN(CC(O)c3ccccc3)CC2)CCNCC1. The number of likely N-dealkylation sites (tertiary alicyclic amines) is 1. The van der Waals surface area contributed by atoms with Crippen LogP contribution in [0.4, 0.5) is 0 Å². The molecule has 2 aliphatic heterocycles. The van der Waals surface area contributed by atoms with Crippen LogP contribution in [0.2, 0.25) is 0 Å². The number of hydrogen-bond donors (Lipinski definition) is 3. The molecule has 1 amide bonds. The molecule has 1 aromatic rings. The molecular weight excluding hydrogens is 354 g/mol. The normalized spacial score (nSPS) is 21.9. The minimum atomic E-state index is -0.439. The zero-order chi connectivity index (χ0) is 19.8. The van der Waals surface area contributed by atoms with E-state index in [4.69, 9.17) is 4.74 Å². The summed E-state index contributed by atoms with van der Waals surface area (Å²) in [6, 6.07) is 9.85. The van der Waals surface area contributed by atoms with Crippen molar-refractivity contribution < 1.29 is 14.6 Å². The molecule has 2 aliphatic rings. The number of nitrogens with zero attached hydrogens (tertiary/aromatic N) is 1. The lowest BCUT2D eigenvalue weighted by Crippen LogP contribution is -2.51. The van der Waals surface area contributed by atoms with Gasteiger partial charge in [0.2, 0.25) is 5.91 Å². The summed E-state index contributed by atoms with van der Waals surface area (Å²) in [4.78, 5) is 15.2. The van der Waals surface area contributed by atoms with Gasteiger partial charge in [0.1, 0.15) is 0 Å². The van der Waals surface area contributed by atoms with E-state index in [1.54, 1.807) is 7.11 Å². The first-order valence-corrected chi connectivity index (χ1v) is 10.6. The first-order chi connectivity index (χ1) is 13.6. The van der Waals surface area contributed by atoms with Crippen molar-refractivity contribution in [3.05, 3.63) is 35.9 Å². The van der Waals surface area contributed by atoms with E-state index in [2.05, 4.69) is 15.5 Å². The van der Waals surface area contributed by atoms with Gasteiger partial charge >= 0.3 is 0 Å². The fourth-order valence-corrected chi connectivity index (χ4v) is 4.44. The zero-order valence-corrected chi connectivity index (χ0v) is 17.0. The van der Waals surface area contributed by atoms with Crippen molar-refractivity contribution in [1.82, 2.24) is 15.5 Å². The summed E-state index contributed by atoms with van der Waals surface area (Å²) in [6.07, 6.45) is 3.35. The summed E-state index contributed by atoms with van der Waals surface area (Å²) < 4.78 is 5.37. The molecule has 28 heavy (non-hydrogen) atoms. The molecule has 156 valence electrons. The minimum absolute atomic E-state index is 0.151. The van der Waals surface area contributed by atoms with Crippen molar-refractivity contribution in [2.75, 3.05) is 53.0 Å². The molecule has 6 heteroatoms. The molecule has 1 unspecified atom stereocenters. The average molecular weight is 390 g/mol. The third-order valence-corrected chi connectivity index (χ3v) is 6.34. The molecule has 6 nitrogen and oxygen atoms in total. The first-order valence-electron chi connectivity index (χ1n) is 10.6. The van der Waals surface area contributed by atoms with Gasteiger partial charge in [-0.25, -0.2) is 0 Å². The average Bonchev–Trinajstić information content (AvgIpc) is 2.74. The van der Waals surface area contributed by atoms with Gasteiger partial charge in [-0.2, -0.15) is 0 Å². The largest absolute Gasteiger partial charge is 0.387 e. The number of aliphatic hydroxyl groups excluding tert-OH is 1. The summed E-state index contributed by atoms with van der Waals surface area (Å²) in [5.41, 5.74) is 0.600. The third-order valence-electron chi connectivity index (χ3n) is 6.34. The summed E-state index contributed by atoms with van der Waals surface area (Å²) in [7, 11) is 1.68. The Bertz CT molecular complexity index is 591. The van der Waals surface area contributed by atoms with E-state index < -0.39 is 6.10 Å². The minimum Gasteiger partial charge on any atom is -0.387 e. The number of aliphatic hydroxyl groups is 1. The van der Waals surface area contributed by atoms with E-state index in [1.807, 2.05) is 30.3 Å². The molecule has 0 spiro atoms. The van der Waals surface area contributed by atoms with Crippen LogP contribution < -0.4 is 10.6 Å². The fourth-order valence-electron chi connectivity index (χ4n) is 4.44. The van der Waals surface area contributed by atoms with Crippen molar-refractivity contribution in [2.45, 2.75) is 31.8 Å².